The molecule has 0 saturated heterocycles. The minimum Gasteiger partial charge on any atom is -0.140 e. The lowest BCUT2D eigenvalue weighted by Crippen LogP contribution is -1.58. The Hall–Kier alpha value is -1.80. The molecular formula is C26H18S6. The third-order valence-corrected chi connectivity index (χ3v) is 12.4. The van der Waals surface area contributed by atoms with Gasteiger partial charge in [0.15, 0.2) is 0 Å². The van der Waals surface area contributed by atoms with Gasteiger partial charge in [-0.15, -0.1) is 68.0 Å². The van der Waals surface area contributed by atoms with E-state index in [4.69, 9.17) is 0 Å². The molecule has 0 nitrogen and oxygen atoms in total. The van der Waals surface area contributed by atoms with Crippen molar-refractivity contribution in [2.75, 3.05) is 0 Å². The lowest BCUT2D eigenvalue weighted by Gasteiger charge is -1.93. The monoisotopic (exact) mass is 522 g/mol. The van der Waals surface area contributed by atoms with Crippen molar-refractivity contribution in [2.24, 2.45) is 0 Å². The molecule has 0 bridgehead atoms. The Balaban J connectivity index is 1.24. The van der Waals surface area contributed by atoms with Crippen LogP contribution < -0.4 is 0 Å². The van der Waals surface area contributed by atoms with Gasteiger partial charge >= 0.3 is 0 Å². The molecule has 6 heterocycles. The zero-order valence-corrected chi connectivity index (χ0v) is 22.3. The molecule has 6 aromatic rings. The van der Waals surface area contributed by atoms with Crippen LogP contribution in [-0.2, 0) is 0 Å². The van der Waals surface area contributed by atoms with Gasteiger partial charge in [-0.3, -0.25) is 0 Å². The molecule has 158 valence electrons. The number of hydrogen-bond acceptors (Lipinski definition) is 6. The maximum atomic E-state index is 2.28. The molecule has 0 amide bonds. The van der Waals surface area contributed by atoms with Crippen LogP contribution >= 0.6 is 68.0 Å². The van der Waals surface area contributed by atoms with Crippen molar-refractivity contribution >= 4 is 68.0 Å². The number of aryl methyl sites for hydroxylation is 2. The van der Waals surface area contributed by atoms with Crippen molar-refractivity contribution in [2.45, 2.75) is 13.8 Å². The van der Waals surface area contributed by atoms with Gasteiger partial charge in [0.1, 0.15) is 0 Å². The van der Waals surface area contributed by atoms with E-state index in [1.54, 1.807) is 0 Å². The van der Waals surface area contributed by atoms with E-state index < -0.39 is 0 Å². The van der Waals surface area contributed by atoms with Gasteiger partial charge in [0.25, 0.3) is 0 Å². The summed E-state index contributed by atoms with van der Waals surface area (Å²) in [7, 11) is 0. The van der Waals surface area contributed by atoms with E-state index in [2.05, 4.69) is 86.6 Å². The highest BCUT2D eigenvalue weighted by Gasteiger charge is 2.13. The Morgan fingerprint density at radius 2 is 0.469 bits per heavy atom. The highest BCUT2D eigenvalue weighted by Crippen LogP contribution is 2.45. The summed E-state index contributed by atoms with van der Waals surface area (Å²) in [5.74, 6) is 0. The van der Waals surface area contributed by atoms with Crippen molar-refractivity contribution in [3.8, 4) is 48.8 Å². The van der Waals surface area contributed by atoms with Gasteiger partial charge in [-0.05, 0) is 86.6 Å². The molecule has 32 heavy (non-hydrogen) atoms. The van der Waals surface area contributed by atoms with E-state index >= 15 is 0 Å². The molecule has 0 fully saturated rings. The number of rotatable bonds is 5. The van der Waals surface area contributed by atoms with E-state index in [0.717, 1.165) is 0 Å². The lowest BCUT2D eigenvalue weighted by atomic mass is 10.3. The molecule has 6 rings (SSSR count). The fourth-order valence-corrected chi connectivity index (χ4v) is 9.76. The Kier molecular flexibility index (Phi) is 5.53. The van der Waals surface area contributed by atoms with Gasteiger partial charge < -0.3 is 0 Å². The molecule has 0 aliphatic rings. The lowest BCUT2D eigenvalue weighted by molar-refractivity contribution is 1.64. The van der Waals surface area contributed by atoms with Gasteiger partial charge in [0.05, 0.1) is 0 Å². The van der Waals surface area contributed by atoms with Crippen LogP contribution in [0.15, 0.2) is 72.8 Å². The molecule has 0 saturated carbocycles. The van der Waals surface area contributed by atoms with E-state index in [0.29, 0.717) is 0 Å². The summed E-state index contributed by atoms with van der Waals surface area (Å²) in [6.07, 6.45) is 0. The first-order valence-electron chi connectivity index (χ1n) is 10.2. The van der Waals surface area contributed by atoms with Crippen LogP contribution in [0.5, 0.6) is 0 Å². The maximum absolute atomic E-state index is 2.28. The van der Waals surface area contributed by atoms with Crippen LogP contribution in [0.3, 0.4) is 0 Å². The first-order valence-corrected chi connectivity index (χ1v) is 15.1. The van der Waals surface area contributed by atoms with Crippen LogP contribution in [0.4, 0.5) is 0 Å². The first kappa shape index (κ1) is 20.8. The Morgan fingerprint density at radius 3 is 0.656 bits per heavy atom. The Bertz CT molecular complexity index is 1390. The number of thiophene rings is 6. The van der Waals surface area contributed by atoms with E-state index in [1.807, 2.05) is 68.0 Å². The highest BCUT2D eigenvalue weighted by molar-refractivity contribution is 7.30. The van der Waals surface area contributed by atoms with Crippen LogP contribution in [0.1, 0.15) is 9.75 Å². The predicted molar refractivity (Wildman–Crippen MR) is 150 cm³/mol. The summed E-state index contributed by atoms with van der Waals surface area (Å²) >= 11 is 11.3. The topological polar surface area (TPSA) is 0 Å². The Labute approximate surface area is 211 Å². The molecule has 0 unspecified atom stereocenters. The number of hydrogen-bond donors (Lipinski definition) is 0. The quantitative estimate of drug-likeness (QED) is 0.211. The zero-order valence-electron chi connectivity index (χ0n) is 17.4. The van der Waals surface area contributed by atoms with Gasteiger partial charge in [0.2, 0.25) is 0 Å². The SMILES string of the molecule is Cc1ccc(-c2ccc(-c3ccc(-c4ccc(-c5ccc(-c6ccc(C)s6)s5)s4)s3)s2)s1. The summed E-state index contributed by atoms with van der Waals surface area (Å²) in [6.45, 7) is 4.34. The fraction of sp³-hybridized carbons (Fsp3) is 0.0769. The largest absolute Gasteiger partial charge is 0.140 e. The molecule has 0 N–H and O–H groups in total. The average molecular weight is 523 g/mol. The van der Waals surface area contributed by atoms with Crippen molar-refractivity contribution in [1.82, 2.24) is 0 Å². The van der Waals surface area contributed by atoms with Gasteiger partial charge in [0, 0.05) is 58.5 Å². The molecule has 6 heteroatoms. The summed E-state index contributed by atoms with van der Waals surface area (Å²) in [5, 5.41) is 0. The summed E-state index contributed by atoms with van der Waals surface area (Å²) in [4.78, 5) is 16.3. The second-order valence-corrected chi connectivity index (χ2v) is 14.4. The van der Waals surface area contributed by atoms with Crippen LogP contribution in [0.2, 0.25) is 0 Å². The standard InChI is InChI=1S/C26H18S6/c1-15-3-5-17(27-15)19-7-9-21(29-19)23-11-13-25(31-23)26-14-12-24(32-26)22-10-8-20(30-22)18-6-4-16(2)28-18/h3-14H,1-2H3. The highest BCUT2D eigenvalue weighted by atomic mass is 32.1. The summed E-state index contributed by atoms with van der Waals surface area (Å²) in [5.41, 5.74) is 0. The Morgan fingerprint density at radius 1 is 0.281 bits per heavy atom. The fourth-order valence-electron chi connectivity index (χ4n) is 3.54. The average Bonchev–Trinajstić information content (AvgIpc) is 3.61. The van der Waals surface area contributed by atoms with Gasteiger partial charge in [-0.2, -0.15) is 0 Å². The van der Waals surface area contributed by atoms with E-state index in [9.17, 15) is 0 Å². The van der Waals surface area contributed by atoms with Crippen molar-refractivity contribution in [3.63, 3.8) is 0 Å². The maximum Gasteiger partial charge on any atom is 0.0449 e. The van der Waals surface area contributed by atoms with E-state index in [-0.39, 0.29) is 0 Å². The van der Waals surface area contributed by atoms with Crippen LogP contribution in [0.25, 0.3) is 48.8 Å². The normalized spacial score (nSPS) is 11.4. The molecule has 6 aromatic heterocycles. The van der Waals surface area contributed by atoms with Crippen molar-refractivity contribution in [1.29, 1.82) is 0 Å². The van der Waals surface area contributed by atoms with E-state index in [1.165, 1.54) is 58.5 Å². The minimum absolute atomic E-state index is 1.35. The second-order valence-electron chi connectivity index (χ2n) is 7.48. The molecule has 0 aromatic carbocycles. The molecule has 0 spiro atoms. The van der Waals surface area contributed by atoms with Gasteiger partial charge in [-0.1, -0.05) is 0 Å². The summed E-state index contributed by atoms with van der Waals surface area (Å²) in [6, 6.07) is 27.0. The predicted octanol–water partition coefficient (Wildman–Crippen LogP) is 11.0. The third kappa shape index (κ3) is 4.00. The van der Waals surface area contributed by atoms with Crippen LogP contribution in [-0.4, -0.2) is 0 Å². The van der Waals surface area contributed by atoms with Crippen molar-refractivity contribution in [3.05, 3.63) is 82.6 Å². The third-order valence-electron chi connectivity index (χ3n) is 5.12. The molecule has 0 aliphatic carbocycles. The molecular weight excluding hydrogens is 505 g/mol. The first-order chi connectivity index (χ1) is 15.6. The summed E-state index contributed by atoms with van der Waals surface area (Å²) < 4.78 is 0. The smallest absolute Gasteiger partial charge is 0.0449 e. The molecule has 0 atom stereocenters. The minimum atomic E-state index is 1.35. The molecule has 0 radical (unpaired) electrons. The van der Waals surface area contributed by atoms with Crippen molar-refractivity contribution < 1.29 is 0 Å². The zero-order chi connectivity index (χ0) is 21.7. The van der Waals surface area contributed by atoms with Crippen LogP contribution in [0, 0.1) is 13.8 Å². The second kappa shape index (κ2) is 8.52. The molecule has 0 aliphatic heterocycles. The van der Waals surface area contributed by atoms with Gasteiger partial charge in [-0.25, -0.2) is 0 Å².